The molecule has 0 fully saturated rings. The van der Waals surface area contributed by atoms with Gasteiger partial charge in [-0.25, -0.2) is 14.1 Å². The van der Waals surface area contributed by atoms with Gasteiger partial charge in [0, 0.05) is 16.0 Å². The molecule has 1 amide bonds. The number of carbonyl (C=O) groups is 1. The average molecular weight is 400 g/mol. The molecule has 5 nitrogen and oxygen atoms in total. The molecule has 0 bridgehead atoms. The molecule has 2 heterocycles. The molecule has 0 radical (unpaired) electrons. The summed E-state index contributed by atoms with van der Waals surface area (Å²) in [5.74, 6) is -1.55. The number of fused-ring (bicyclic) bond motifs is 1. The number of hydrogen-bond acceptors (Lipinski definition) is 4. The van der Waals surface area contributed by atoms with Crippen LogP contribution in [0.4, 0.5) is 4.39 Å². The second kappa shape index (κ2) is 6.94. The summed E-state index contributed by atoms with van der Waals surface area (Å²) in [5, 5.41) is 2.42. The van der Waals surface area contributed by atoms with Crippen molar-refractivity contribution in [2.75, 3.05) is 5.43 Å². The van der Waals surface area contributed by atoms with Gasteiger partial charge in [0.05, 0.1) is 10.9 Å². The Bertz CT molecular complexity index is 1220. The van der Waals surface area contributed by atoms with E-state index in [9.17, 15) is 14.0 Å². The summed E-state index contributed by atoms with van der Waals surface area (Å²) in [6.45, 7) is 0. The highest BCUT2D eigenvalue weighted by Crippen LogP contribution is 2.30. The number of halogens is 2. The zero-order chi connectivity index (χ0) is 19.0. The molecule has 0 atom stereocenters. The minimum atomic E-state index is -0.775. The van der Waals surface area contributed by atoms with Gasteiger partial charge in [0.2, 0.25) is 0 Å². The second-order valence-corrected chi connectivity index (χ2v) is 6.97. The number of thiophene rings is 1. The first kappa shape index (κ1) is 17.4. The van der Waals surface area contributed by atoms with E-state index in [1.54, 1.807) is 0 Å². The van der Waals surface area contributed by atoms with Crippen LogP contribution in [0.3, 0.4) is 0 Å². The zero-order valence-electron chi connectivity index (χ0n) is 13.6. The fourth-order valence-electron chi connectivity index (χ4n) is 2.69. The van der Waals surface area contributed by atoms with E-state index in [0.717, 1.165) is 21.9 Å². The lowest BCUT2D eigenvalue weighted by Gasteiger charge is -2.09. The first-order chi connectivity index (χ1) is 13.0. The molecule has 0 saturated carbocycles. The second-order valence-electron chi connectivity index (χ2n) is 5.68. The maximum atomic E-state index is 13.9. The smallest absolute Gasteiger partial charge is 0.267 e. The molecule has 8 heteroatoms. The van der Waals surface area contributed by atoms with Gasteiger partial charge < -0.3 is 0 Å². The van der Waals surface area contributed by atoms with Gasteiger partial charge in [-0.1, -0.05) is 41.9 Å². The fourth-order valence-corrected chi connectivity index (χ4v) is 3.75. The van der Waals surface area contributed by atoms with Gasteiger partial charge in [0.25, 0.3) is 11.5 Å². The highest BCUT2D eigenvalue weighted by atomic mass is 35.5. The summed E-state index contributed by atoms with van der Waals surface area (Å²) in [6.07, 6.45) is 1.21. The van der Waals surface area contributed by atoms with Gasteiger partial charge in [0.1, 0.15) is 17.0 Å². The van der Waals surface area contributed by atoms with Crippen molar-refractivity contribution < 1.29 is 9.18 Å². The first-order valence-corrected chi connectivity index (χ1v) is 9.11. The van der Waals surface area contributed by atoms with Crippen molar-refractivity contribution in [3.05, 3.63) is 87.0 Å². The fraction of sp³-hybridized carbons (Fsp3) is 0. The highest BCUT2D eigenvalue weighted by molar-refractivity contribution is 7.17. The van der Waals surface area contributed by atoms with Gasteiger partial charge in [-0.05, 0) is 23.8 Å². The normalized spacial score (nSPS) is 10.9. The minimum Gasteiger partial charge on any atom is -0.267 e. The van der Waals surface area contributed by atoms with Crippen LogP contribution in [0.25, 0.3) is 21.3 Å². The van der Waals surface area contributed by atoms with Gasteiger partial charge in [-0.15, -0.1) is 11.3 Å². The van der Waals surface area contributed by atoms with Crippen molar-refractivity contribution >= 4 is 39.1 Å². The lowest BCUT2D eigenvalue weighted by Crippen LogP contribution is -2.33. The number of rotatable bonds is 3. The van der Waals surface area contributed by atoms with Crippen LogP contribution in [0, 0.1) is 5.82 Å². The number of nitrogens with one attached hydrogen (secondary N) is 1. The molecule has 0 spiro atoms. The van der Waals surface area contributed by atoms with E-state index in [-0.39, 0.29) is 10.6 Å². The van der Waals surface area contributed by atoms with Crippen molar-refractivity contribution in [2.24, 2.45) is 0 Å². The van der Waals surface area contributed by atoms with Crippen molar-refractivity contribution in [3.63, 3.8) is 0 Å². The number of carbonyl (C=O) groups excluding carboxylic acids is 1. The van der Waals surface area contributed by atoms with E-state index >= 15 is 0 Å². The number of hydrogen-bond donors (Lipinski definition) is 1. The standard InChI is InChI=1S/C19H11ClFN3O2S/c20-12-6-7-13(15(21)8-12)17(25)23-24-10-22-18-16(19(24)26)14(9-27-18)11-4-2-1-3-5-11/h1-10H,(H,23,25). The van der Waals surface area contributed by atoms with Crippen LogP contribution in [0.15, 0.2) is 65.0 Å². The number of amides is 1. The Morgan fingerprint density at radius 1 is 1.19 bits per heavy atom. The largest absolute Gasteiger partial charge is 0.281 e. The maximum Gasteiger partial charge on any atom is 0.281 e. The monoisotopic (exact) mass is 399 g/mol. The van der Waals surface area contributed by atoms with E-state index in [1.807, 2.05) is 35.7 Å². The van der Waals surface area contributed by atoms with Gasteiger partial charge in [-0.3, -0.25) is 15.0 Å². The molecule has 0 aliphatic rings. The Kier molecular flexibility index (Phi) is 4.47. The maximum absolute atomic E-state index is 13.9. The third kappa shape index (κ3) is 3.22. The molecule has 0 unspecified atom stereocenters. The van der Waals surface area contributed by atoms with E-state index in [2.05, 4.69) is 10.4 Å². The molecule has 4 rings (SSSR count). The number of nitrogens with zero attached hydrogens (tertiary/aromatic N) is 2. The average Bonchev–Trinajstić information content (AvgIpc) is 3.09. The Labute approximate surface area is 161 Å². The molecule has 0 saturated heterocycles. The summed E-state index contributed by atoms with van der Waals surface area (Å²) in [6, 6.07) is 13.1. The van der Waals surface area contributed by atoms with Crippen LogP contribution >= 0.6 is 22.9 Å². The third-order valence-electron chi connectivity index (χ3n) is 3.98. The molecule has 2 aromatic heterocycles. The summed E-state index contributed by atoms with van der Waals surface area (Å²) < 4.78 is 14.9. The molecule has 134 valence electrons. The third-order valence-corrected chi connectivity index (χ3v) is 5.10. The molecular formula is C19H11ClFN3O2S. The van der Waals surface area contributed by atoms with Crippen LogP contribution in [0.2, 0.25) is 5.02 Å². The van der Waals surface area contributed by atoms with Crippen molar-refractivity contribution in [3.8, 4) is 11.1 Å². The summed E-state index contributed by atoms with van der Waals surface area (Å²) in [5.41, 5.74) is 3.31. The molecule has 4 aromatic rings. The molecule has 27 heavy (non-hydrogen) atoms. The van der Waals surface area contributed by atoms with Crippen molar-refractivity contribution in [1.29, 1.82) is 0 Å². The minimum absolute atomic E-state index is 0.176. The molecule has 0 aliphatic carbocycles. The van der Waals surface area contributed by atoms with Crippen LogP contribution < -0.4 is 11.0 Å². The molecule has 0 aliphatic heterocycles. The van der Waals surface area contributed by atoms with Crippen LogP contribution in [0.1, 0.15) is 10.4 Å². The lowest BCUT2D eigenvalue weighted by molar-refractivity contribution is 0.100. The van der Waals surface area contributed by atoms with Crippen LogP contribution in [-0.2, 0) is 0 Å². The lowest BCUT2D eigenvalue weighted by atomic mass is 10.1. The van der Waals surface area contributed by atoms with E-state index in [4.69, 9.17) is 11.6 Å². The Hall–Kier alpha value is -3.03. The molecule has 1 N–H and O–H groups in total. The van der Waals surface area contributed by atoms with Crippen molar-refractivity contribution in [2.45, 2.75) is 0 Å². The van der Waals surface area contributed by atoms with Gasteiger partial charge in [0.15, 0.2) is 0 Å². The van der Waals surface area contributed by atoms with Crippen LogP contribution in [-0.4, -0.2) is 15.6 Å². The highest BCUT2D eigenvalue weighted by Gasteiger charge is 2.16. The zero-order valence-corrected chi connectivity index (χ0v) is 15.2. The summed E-state index contributed by atoms with van der Waals surface area (Å²) >= 11 is 7.04. The summed E-state index contributed by atoms with van der Waals surface area (Å²) in [4.78, 5) is 30.0. The van der Waals surface area contributed by atoms with Crippen LogP contribution in [0.5, 0.6) is 0 Å². The number of aromatic nitrogens is 2. The Morgan fingerprint density at radius 3 is 2.70 bits per heavy atom. The first-order valence-electron chi connectivity index (χ1n) is 7.85. The predicted molar refractivity (Wildman–Crippen MR) is 104 cm³/mol. The quantitative estimate of drug-likeness (QED) is 0.558. The topological polar surface area (TPSA) is 64.0 Å². The summed E-state index contributed by atoms with van der Waals surface area (Å²) in [7, 11) is 0. The van der Waals surface area contributed by atoms with Crippen molar-refractivity contribution in [1.82, 2.24) is 9.66 Å². The Morgan fingerprint density at radius 2 is 1.96 bits per heavy atom. The molecule has 2 aromatic carbocycles. The van der Waals surface area contributed by atoms with E-state index < -0.39 is 17.3 Å². The van der Waals surface area contributed by atoms with Gasteiger partial charge in [-0.2, -0.15) is 0 Å². The van der Waals surface area contributed by atoms with E-state index in [0.29, 0.717) is 10.2 Å². The Balaban J connectivity index is 1.76. The predicted octanol–water partition coefficient (Wildman–Crippen LogP) is 4.30. The van der Waals surface area contributed by atoms with Gasteiger partial charge >= 0.3 is 0 Å². The SMILES string of the molecule is O=C(Nn1cnc2scc(-c3ccccc3)c2c1=O)c1ccc(Cl)cc1F. The number of benzene rings is 2. The molecular weight excluding hydrogens is 389 g/mol. The van der Waals surface area contributed by atoms with E-state index in [1.165, 1.54) is 29.8 Å².